The third-order valence-corrected chi connectivity index (χ3v) is 6.28. The van der Waals surface area contributed by atoms with E-state index < -0.39 is 29.7 Å². The van der Waals surface area contributed by atoms with E-state index in [0.717, 1.165) is 30.5 Å². The molecule has 0 spiro atoms. The Hall–Kier alpha value is -2.96. The molecule has 1 nitrogen and oxygen atoms in total. The highest BCUT2D eigenvalue weighted by Crippen LogP contribution is 2.38. The van der Waals surface area contributed by atoms with Crippen molar-refractivity contribution in [3.63, 3.8) is 0 Å². The summed E-state index contributed by atoms with van der Waals surface area (Å²) in [5, 5.41) is 0. The van der Waals surface area contributed by atoms with Crippen molar-refractivity contribution in [1.82, 2.24) is 0 Å². The number of benzene rings is 3. The summed E-state index contributed by atoms with van der Waals surface area (Å²) < 4.78 is 85.5. The van der Waals surface area contributed by atoms with Crippen LogP contribution in [0.1, 0.15) is 54.4 Å². The lowest BCUT2D eigenvalue weighted by Crippen LogP contribution is -2.17. The minimum absolute atomic E-state index is 0.0515. The molecule has 1 atom stereocenters. The maximum Gasteiger partial charge on any atom is 0.573 e. The topological polar surface area (TPSA) is 9.23 Å². The molecule has 0 saturated carbocycles. The van der Waals surface area contributed by atoms with E-state index in [-0.39, 0.29) is 16.9 Å². The van der Waals surface area contributed by atoms with Gasteiger partial charge >= 0.3 is 6.36 Å². The third-order valence-electron chi connectivity index (χ3n) is 6.28. The predicted molar refractivity (Wildman–Crippen MR) is 118 cm³/mol. The van der Waals surface area contributed by atoms with Gasteiger partial charge in [-0.15, -0.1) is 13.2 Å². The fourth-order valence-corrected chi connectivity index (χ4v) is 4.64. The summed E-state index contributed by atoms with van der Waals surface area (Å²) in [6.45, 7) is 2.02. The summed E-state index contributed by atoms with van der Waals surface area (Å²) in [5.41, 5.74) is 2.91. The number of hydrogen-bond acceptors (Lipinski definition) is 1. The van der Waals surface area contributed by atoms with Crippen LogP contribution in [0.3, 0.4) is 0 Å². The highest BCUT2D eigenvalue weighted by Gasteiger charge is 2.31. The molecule has 0 aromatic heterocycles. The number of hydrogen-bond donors (Lipinski definition) is 0. The maximum absolute atomic E-state index is 14.9. The molecule has 4 rings (SSSR count). The van der Waals surface area contributed by atoms with Gasteiger partial charge in [0.15, 0.2) is 0 Å². The molecule has 34 heavy (non-hydrogen) atoms. The van der Waals surface area contributed by atoms with E-state index in [2.05, 4.69) is 4.74 Å². The van der Waals surface area contributed by atoms with E-state index in [1.54, 1.807) is 6.07 Å². The van der Waals surface area contributed by atoms with Crippen molar-refractivity contribution >= 4 is 0 Å². The zero-order chi connectivity index (χ0) is 24.5. The first-order valence-corrected chi connectivity index (χ1v) is 11.3. The average molecular weight is 478 g/mol. The highest BCUT2D eigenvalue weighted by molar-refractivity contribution is 5.67. The fraction of sp³-hybridized carbons (Fsp3) is 0.333. The smallest absolute Gasteiger partial charge is 0.406 e. The van der Waals surface area contributed by atoms with Crippen LogP contribution in [0.15, 0.2) is 48.5 Å². The van der Waals surface area contributed by atoms with Crippen LogP contribution in [0.25, 0.3) is 11.1 Å². The van der Waals surface area contributed by atoms with E-state index in [0.29, 0.717) is 42.4 Å². The van der Waals surface area contributed by atoms with Crippen LogP contribution in [0, 0.1) is 17.5 Å². The Bertz CT molecular complexity index is 1140. The second-order valence-corrected chi connectivity index (χ2v) is 8.69. The van der Waals surface area contributed by atoms with Crippen LogP contribution >= 0.6 is 0 Å². The molecule has 3 aromatic rings. The van der Waals surface area contributed by atoms with Crippen LogP contribution in [-0.2, 0) is 19.3 Å². The first-order valence-electron chi connectivity index (χ1n) is 11.3. The van der Waals surface area contributed by atoms with Gasteiger partial charge in [0.2, 0.25) is 0 Å². The van der Waals surface area contributed by atoms with Gasteiger partial charge in [0.1, 0.15) is 23.2 Å². The molecule has 1 aliphatic carbocycles. The number of alkyl halides is 3. The molecule has 0 amide bonds. The lowest BCUT2D eigenvalue weighted by Gasteiger charge is -2.27. The van der Waals surface area contributed by atoms with E-state index >= 15 is 0 Å². The Kier molecular flexibility index (Phi) is 6.91. The minimum atomic E-state index is -4.80. The van der Waals surface area contributed by atoms with E-state index in [9.17, 15) is 26.3 Å². The molecule has 0 saturated heterocycles. The van der Waals surface area contributed by atoms with Crippen molar-refractivity contribution in [2.45, 2.75) is 57.7 Å². The summed E-state index contributed by atoms with van der Waals surface area (Å²) >= 11 is 0. The van der Waals surface area contributed by atoms with Gasteiger partial charge in [-0.3, -0.25) is 0 Å². The van der Waals surface area contributed by atoms with Gasteiger partial charge in [-0.25, -0.2) is 13.2 Å². The molecule has 0 bridgehead atoms. The van der Waals surface area contributed by atoms with Gasteiger partial charge in [-0.05, 0) is 96.7 Å². The van der Waals surface area contributed by atoms with Crippen LogP contribution < -0.4 is 4.74 Å². The van der Waals surface area contributed by atoms with Gasteiger partial charge in [0, 0.05) is 11.1 Å². The summed E-state index contributed by atoms with van der Waals surface area (Å²) in [6.07, 6.45) is -1.05. The fourth-order valence-electron chi connectivity index (χ4n) is 4.64. The van der Waals surface area contributed by atoms with Gasteiger partial charge in [-0.1, -0.05) is 25.5 Å². The third kappa shape index (κ3) is 5.40. The van der Waals surface area contributed by atoms with Gasteiger partial charge < -0.3 is 4.74 Å². The Balaban J connectivity index is 1.56. The zero-order valence-corrected chi connectivity index (χ0v) is 18.6. The summed E-state index contributed by atoms with van der Waals surface area (Å²) in [7, 11) is 0. The first kappa shape index (κ1) is 24.2. The monoisotopic (exact) mass is 478 g/mol. The molecule has 1 unspecified atom stereocenters. The Morgan fingerprint density at radius 2 is 1.56 bits per heavy atom. The van der Waals surface area contributed by atoms with Crippen LogP contribution in [-0.4, -0.2) is 6.36 Å². The van der Waals surface area contributed by atoms with Crippen molar-refractivity contribution in [3.8, 4) is 16.9 Å². The molecule has 3 aromatic carbocycles. The Morgan fingerprint density at radius 3 is 2.18 bits per heavy atom. The second kappa shape index (κ2) is 9.72. The van der Waals surface area contributed by atoms with Gasteiger partial charge in [-0.2, -0.15) is 0 Å². The standard InChI is InChI=1S/C27H24F6O/c1-2-3-4-16-11-24(29)26(25(30)12-16)19-6-5-18-14-22(23(28)15-20(18)13-19)17-7-9-21(10-8-17)34-27(31,32)33/h7-12,14-15,19H,2-6,13H2,1H3. The number of aryl methyl sites for hydroxylation is 2. The lowest BCUT2D eigenvalue weighted by atomic mass is 9.78. The normalized spacial score (nSPS) is 15.8. The molecule has 7 heteroatoms. The van der Waals surface area contributed by atoms with Crippen LogP contribution in [0.4, 0.5) is 26.3 Å². The lowest BCUT2D eigenvalue weighted by molar-refractivity contribution is -0.274. The molecular formula is C27H24F6O. The number of ether oxygens (including phenoxy) is 1. The molecule has 0 radical (unpaired) electrons. The average Bonchev–Trinajstić information content (AvgIpc) is 2.76. The number of unbranched alkanes of at least 4 members (excludes halogenated alkanes) is 1. The van der Waals surface area contributed by atoms with Crippen LogP contribution in [0.2, 0.25) is 0 Å². The quantitative estimate of drug-likeness (QED) is 0.324. The molecule has 0 heterocycles. The highest BCUT2D eigenvalue weighted by atomic mass is 19.4. The van der Waals surface area contributed by atoms with Crippen molar-refractivity contribution in [2.75, 3.05) is 0 Å². The van der Waals surface area contributed by atoms with Gasteiger partial charge in [0.05, 0.1) is 0 Å². The van der Waals surface area contributed by atoms with Crippen molar-refractivity contribution in [1.29, 1.82) is 0 Å². The minimum Gasteiger partial charge on any atom is -0.406 e. The molecule has 180 valence electrons. The number of rotatable bonds is 6. The van der Waals surface area contributed by atoms with E-state index in [1.807, 2.05) is 6.92 Å². The summed E-state index contributed by atoms with van der Waals surface area (Å²) in [5.74, 6) is -2.44. The zero-order valence-electron chi connectivity index (χ0n) is 18.6. The largest absolute Gasteiger partial charge is 0.573 e. The maximum atomic E-state index is 14.9. The Morgan fingerprint density at radius 1 is 0.882 bits per heavy atom. The van der Waals surface area contributed by atoms with E-state index in [1.165, 1.54) is 30.3 Å². The number of fused-ring (bicyclic) bond motifs is 1. The molecule has 0 aliphatic heterocycles. The first-order chi connectivity index (χ1) is 16.1. The Labute approximate surface area is 194 Å². The van der Waals surface area contributed by atoms with Crippen molar-refractivity contribution < 1.29 is 31.1 Å². The summed E-state index contributed by atoms with van der Waals surface area (Å²) in [6, 6.07) is 10.8. The molecule has 1 aliphatic rings. The molecule has 0 fully saturated rings. The molecule has 0 N–H and O–H groups in total. The van der Waals surface area contributed by atoms with E-state index in [4.69, 9.17) is 0 Å². The SMILES string of the molecule is CCCCc1cc(F)c(C2CCc3cc(-c4ccc(OC(F)(F)F)cc4)c(F)cc3C2)c(F)c1. The molecular weight excluding hydrogens is 454 g/mol. The van der Waals surface area contributed by atoms with Gasteiger partial charge in [0.25, 0.3) is 0 Å². The summed E-state index contributed by atoms with van der Waals surface area (Å²) in [4.78, 5) is 0. The van der Waals surface area contributed by atoms with Crippen LogP contribution in [0.5, 0.6) is 5.75 Å². The van der Waals surface area contributed by atoms with Crippen molar-refractivity contribution in [3.05, 3.63) is 88.2 Å². The van der Waals surface area contributed by atoms with Crippen molar-refractivity contribution in [2.24, 2.45) is 0 Å². The second-order valence-electron chi connectivity index (χ2n) is 8.69. The number of halogens is 6. The predicted octanol–water partition coefficient (Wildman–Crippen LogP) is 8.28.